The number of aromatic nitrogens is 3. The molecule has 1 aliphatic heterocycles. The zero-order valence-electron chi connectivity index (χ0n) is 16.0. The third-order valence-corrected chi connectivity index (χ3v) is 4.81. The maximum Gasteiger partial charge on any atom is 0.256 e. The van der Waals surface area contributed by atoms with Crippen molar-refractivity contribution in [1.29, 1.82) is 0 Å². The highest BCUT2D eigenvalue weighted by atomic mass is 35.5. The monoisotopic (exact) mass is 391 g/mol. The number of carbonyl (C=O) groups excluding carboxylic acids is 1. The van der Waals surface area contributed by atoms with Gasteiger partial charge < -0.3 is 15.0 Å². The van der Waals surface area contributed by atoms with Crippen LogP contribution < -0.4 is 10.2 Å². The van der Waals surface area contributed by atoms with Gasteiger partial charge in [0.25, 0.3) is 5.91 Å². The molecule has 0 spiro atoms. The molecule has 1 N–H and O–H groups in total. The van der Waals surface area contributed by atoms with Gasteiger partial charge in [-0.05, 0) is 24.5 Å². The van der Waals surface area contributed by atoms with Gasteiger partial charge in [-0.1, -0.05) is 31.5 Å². The molecule has 1 amide bonds. The molecule has 146 valence electrons. The number of rotatable bonds is 6. The van der Waals surface area contributed by atoms with E-state index >= 15 is 0 Å². The van der Waals surface area contributed by atoms with Crippen molar-refractivity contribution < 1.29 is 9.53 Å². The predicted molar refractivity (Wildman–Crippen MR) is 105 cm³/mol. The molecule has 0 bridgehead atoms. The number of aryl methyl sites for hydroxylation is 1. The third kappa shape index (κ3) is 4.78. The summed E-state index contributed by atoms with van der Waals surface area (Å²) in [5.74, 6) is 1.11. The van der Waals surface area contributed by atoms with E-state index in [0.29, 0.717) is 35.4 Å². The number of nitrogens with one attached hydrogen (secondary N) is 1. The lowest BCUT2D eigenvalue weighted by molar-refractivity contribution is 0.0950. The first-order valence-electron chi connectivity index (χ1n) is 9.24. The molecule has 27 heavy (non-hydrogen) atoms. The van der Waals surface area contributed by atoms with E-state index in [9.17, 15) is 4.79 Å². The lowest BCUT2D eigenvalue weighted by Crippen LogP contribution is -2.36. The van der Waals surface area contributed by atoms with E-state index in [0.717, 1.165) is 37.7 Å². The Labute approximate surface area is 164 Å². The molecule has 1 aliphatic rings. The van der Waals surface area contributed by atoms with Crippen molar-refractivity contribution >= 4 is 23.3 Å². The van der Waals surface area contributed by atoms with Crippen molar-refractivity contribution in [3.63, 3.8) is 0 Å². The maximum absolute atomic E-state index is 12.6. The van der Waals surface area contributed by atoms with Crippen LogP contribution in [-0.4, -0.2) is 47.0 Å². The number of hydrogen-bond acceptors (Lipinski definition) is 5. The number of hydrogen-bond donors (Lipinski definition) is 1. The molecule has 0 radical (unpaired) electrons. The molecule has 3 rings (SSSR count). The summed E-state index contributed by atoms with van der Waals surface area (Å²) in [7, 11) is 0. The average molecular weight is 392 g/mol. The number of nitrogens with zero attached hydrogens (tertiary/aromatic N) is 4. The second-order valence-electron chi connectivity index (χ2n) is 7.13. The normalized spacial score (nSPS) is 14.6. The zero-order valence-corrected chi connectivity index (χ0v) is 16.8. The minimum Gasteiger partial charge on any atom is -0.378 e. The molecule has 0 aliphatic carbocycles. The highest BCUT2D eigenvalue weighted by Crippen LogP contribution is 2.21. The average Bonchev–Trinajstić information content (AvgIpc) is 2.93. The van der Waals surface area contributed by atoms with Gasteiger partial charge in [-0.15, -0.1) is 0 Å². The van der Waals surface area contributed by atoms with E-state index in [1.165, 1.54) is 0 Å². The maximum atomic E-state index is 12.6. The quantitative estimate of drug-likeness (QED) is 0.819. The number of pyridine rings is 1. The van der Waals surface area contributed by atoms with Gasteiger partial charge in [-0.2, -0.15) is 5.10 Å². The van der Waals surface area contributed by atoms with Crippen molar-refractivity contribution in [1.82, 2.24) is 20.1 Å². The Morgan fingerprint density at radius 3 is 2.70 bits per heavy atom. The first-order chi connectivity index (χ1) is 13.0. The molecule has 2 aromatic rings. The van der Waals surface area contributed by atoms with E-state index in [1.807, 2.05) is 12.1 Å². The van der Waals surface area contributed by atoms with Gasteiger partial charge in [0.1, 0.15) is 11.0 Å². The SMILES string of the molecule is Cc1nn(CC(C)C)c(Cl)c1C(=O)NCc1ccc(N2CCOCC2)nc1. The molecule has 1 fully saturated rings. The van der Waals surface area contributed by atoms with Crippen LogP contribution >= 0.6 is 11.6 Å². The van der Waals surface area contributed by atoms with Gasteiger partial charge in [0.15, 0.2) is 0 Å². The largest absolute Gasteiger partial charge is 0.378 e. The van der Waals surface area contributed by atoms with Crippen LogP contribution in [0.2, 0.25) is 5.15 Å². The fourth-order valence-electron chi connectivity index (χ4n) is 3.05. The number of ether oxygens (including phenoxy) is 1. The number of halogens is 1. The van der Waals surface area contributed by atoms with Crippen molar-refractivity contribution in [3.8, 4) is 0 Å². The van der Waals surface area contributed by atoms with Crippen LogP contribution in [0.5, 0.6) is 0 Å². The third-order valence-electron chi connectivity index (χ3n) is 4.43. The van der Waals surface area contributed by atoms with Crippen LogP contribution in [0.15, 0.2) is 18.3 Å². The Kier molecular flexibility index (Phi) is 6.34. The Balaban J connectivity index is 1.61. The fourth-order valence-corrected chi connectivity index (χ4v) is 3.38. The first-order valence-corrected chi connectivity index (χ1v) is 9.62. The Bertz CT molecular complexity index is 782. The molecule has 1 saturated heterocycles. The summed E-state index contributed by atoms with van der Waals surface area (Å²) in [5.41, 5.74) is 2.01. The van der Waals surface area contributed by atoms with Gasteiger partial charge in [0, 0.05) is 32.4 Å². The summed E-state index contributed by atoms with van der Waals surface area (Å²) < 4.78 is 7.05. The summed E-state index contributed by atoms with van der Waals surface area (Å²) in [6.45, 7) is 10.2. The van der Waals surface area contributed by atoms with E-state index in [-0.39, 0.29) is 5.91 Å². The van der Waals surface area contributed by atoms with E-state index in [4.69, 9.17) is 16.3 Å². The van der Waals surface area contributed by atoms with Gasteiger partial charge in [0.2, 0.25) is 0 Å². The summed E-state index contributed by atoms with van der Waals surface area (Å²) in [6, 6.07) is 3.96. The van der Waals surface area contributed by atoms with Crippen LogP contribution in [-0.2, 0) is 17.8 Å². The standard InChI is InChI=1S/C19H26ClN5O2/c1-13(2)12-25-18(20)17(14(3)23-25)19(26)22-11-15-4-5-16(21-10-15)24-6-8-27-9-7-24/h4-5,10,13H,6-9,11-12H2,1-3H3,(H,22,26). The molecular weight excluding hydrogens is 366 g/mol. The van der Waals surface area contributed by atoms with Crippen LogP contribution in [0.3, 0.4) is 0 Å². The fraction of sp³-hybridized carbons (Fsp3) is 0.526. The first kappa shape index (κ1) is 19.6. The van der Waals surface area contributed by atoms with E-state index < -0.39 is 0 Å². The topological polar surface area (TPSA) is 72.3 Å². The Hall–Kier alpha value is -2.12. The number of morpholine rings is 1. The summed E-state index contributed by atoms with van der Waals surface area (Å²) in [6.07, 6.45) is 1.79. The van der Waals surface area contributed by atoms with Gasteiger partial charge in [-0.3, -0.25) is 9.48 Å². The van der Waals surface area contributed by atoms with Crippen molar-refractivity contribution in [2.45, 2.75) is 33.9 Å². The highest BCUT2D eigenvalue weighted by Gasteiger charge is 2.20. The molecule has 8 heteroatoms. The van der Waals surface area contributed by atoms with Crippen molar-refractivity contribution in [2.75, 3.05) is 31.2 Å². The minimum atomic E-state index is -0.218. The molecule has 7 nitrogen and oxygen atoms in total. The lowest BCUT2D eigenvalue weighted by atomic mass is 10.2. The molecular formula is C19H26ClN5O2. The predicted octanol–water partition coefficient (Wildman–Crippen LogP) is 2.66. The van der Waals surface area contributed by atoms with Crippen LogP contribution in [0.25, 0.3) is 0 Å². The number of anilines is 1. The number of amides is 1. The molecule has 0 saturated carbocycles. The van der Waals surface area contributed by atoms with Crippen molar-refractivity contribution in [2.24, 2.45) is 5.92 Å². The van der Waals surface area contributed by atoms with Crippen LogP contribution in [0, 0.1) is 12.8 Å². The summed E-state index contributed by atoms with van der Waals surface area (Å²) in [4.78, 5) is 19.3. The van der Waals surface area contributed by atoms with Gasteiger partial charge >= 0.3 is 0 Å². The molecule has 2 aromatic heterocycles. The van der Waals surface area contributed by atoms with E-state index in [2.05, 4.69) is 34.1 Å². The Morgan fingerprint density at radius 1 is 1.33 bits per heavy atom. The van der Waals surface area contributed by atoms with Crippen molar-refractivity contribution in [3.05, 3.63) is 40.3 Å². The lowest BCUT2D eigenvalue weighted by Gasteiger charge is -2.27. The minimum absolute atomic E-state index is 0.218. The number of carbonyl (C=O) groups is 1. The molecule has 3 heterocycles. The summed E-state index contributed by atoms with van der Waals surface area (Å²) in [5, 5.41) is 7.69. The smallest absolute Gasteiger partial charge is 0.256 e. The second-order valence-corrected chi connectivity index (χ2v) is 7.49. The second kappa shape index (κ2) is 8.71. The van der Waals surface area contributed by atoms with Gasteiger partial charge in [0.05, 0.1) is 24.5 Å². The molecule has 0 unspecified atom stereocenters. The zero-order chi connectivity index (χ0) is 19.4. The highest BCUT2D eigenvalue weighted by molar-refractivity contribution is 6.33. The summed E-state index contributed by atoms with van der Waals surface area (Å²) >= 11 is 6.37. The van der Waals surface area contributed by atoms with Gasteiger partial charge in [-0.25, -0.2) is 4.98 Å². The Morgan fingerprint density at radius 2 is 2.07 bits per heavy atom. The van der Waals surface area contributed by atoms with Crippen LogP contribution in [0.1, 0.15) is 35.5 Å². The molecule has 0 atom stereocenters. The molecule has 0 aromatic carbocycles. The van der Waals surface area contributed by atoms with Crippen LogP contribution in [0.4, 0.5) is 5.82 Å². The van der Waals surface area contributed by atoms with E-state index in [1.54, 1.807) is 17.8 Å².